The summed E-state index contributed by atoms with van der Waals surface area (Å²) in [6.45, 7) is 0.777. The zero-order valence-corrected chi connectivity index (χ0v) is 11.8. The Kier molecular flexibility index (Phi) is 2.81. The lowest BCUT2D eigenvalue weighted by Crippen LogP contribution is -2.12. The second-order valence-electron chi connectivity index (χ2n) is 6.01. The Morgan fingerprint density at radius 2 is 1.71 bits per heavy atom. The van der Waals surface area contributed by atoms with Crippen LogP contribution >= 0.6 is 0 Å². The molecule has 2 aromatic rings. The van der Waals surface area contributed by atoms with Gasteiger partial charge in [0, 0.05) is 23.7 Å². The molecule has 1 aliphatic carbocycles. The third-order valence-corrected chi connectivity index (χ3v) is 4.60. The molecule has 4 rings (SSSR count). The number of carbonyl (C=O) groups excluding carboxylic acids is 2. The average molecular weight is 279 g/mol. The van der Waals surface area contributed by atoms with E-state index in [0.717, 1.165) is 31.5 Å². The Labute approximate surface area is 123 Å². The molecule has 21 heavy (non-hydrogen) atoms. The largest absolute Gasteiger partial charge is 0.341 e. The van der Waals surface area contributed by atoms with E-state index in [-0.39, 0.29) is 17.6 Å². The highest BCUT2D eigenvalue weighted by atomic mass is 16.1. The average Bonchev–Trinajstić information content (AvgIpc) is 3.16. The van der Waals surface area contributed by atoms with Crippen molar-refractivity contribution in [2.45, 2.75) is 31.7 Å². The third kappa shape index (κ3) is 2.04. The van der Waals surface area contributed by atoms with Crippen molar-refractivity contribution >= 4 is 11.6 Å². The van der Waals surface area contributed by atoms with Gasteiger partial charge in [-0.05, 0) is 31.4 Å². The molecule has 1 fully saturated rings. The molecule has 0 amide bonds. The fourth-order valence-electron chi connectivity index (χ4n) is 3.32. The summed E-state index contributed by atoms with van der Waals surface area (Å²) in [7, 11) is 0. The van der Waals surface area contributed by atoms with E-state index in [1.807, 2.05) is 47.0 Å². The lowest BCUT2D eigenvalue weighted by molar-refractivity contribution is -0.121. The van der Waals surface area contributed by atoms with Crippen LogP contribution in [0.25, 0.3) is 0 Å². The summed E-state index contributed by atoms with van der Waals surface area (Å²) in [6.07, 6.45) is 2.94. The van der Waals surface area contributed by atoms with Gasteiger partial charge in [-0.2, -0.15) is 0 Å². The number of nitrogens with zero attached hydrogens (tertiary/aromatic N) is 1. The van der Waals surface area contributed by atoms with Crippen molar-refractivity contribution in [3.05, 3.63) is 59.4 Å². The number of carbonyl (C=O) groups is 2. The molecule has 2 aliphatic rings. The van der Waals surface area contributed by atoms with Crippen LogP contribution in [0.4, 0.5) is 0 Å². The first-order chi connectivity index (χ1) is 10.3. The van der Waals surface area contributed by atoms with Gasteiger partial charge in [-0.3, -0.25) is 9.59 Å². The summed E-state index contributed by atoms with van der Waals surface area (Å²) < 4.78 is 2.04. The van der Waals surface area contributed by atoms with Crippen molar-refractivity contribution in [2.75, 3.05) is 0 Å². The smallest absolute Gasteiger partial charge is 0.209 e. The minimum Gasteiger partial charge on any atom is -0.341 e. The van der Waals surface area contributed by atoms with E-state index in [4.69, 9.17) is 0 Å². The van der Waals surface area contributed by atoms with Gasteiger partial charge in [0.2, 0.25) is 5.78 Å². The van der Waals surface area contributed by atoms with Crippen LogP contribution in [0.15, 0.2) is 42.5 Å². The molecule has 0 N–H and O–H groups in total. The summed E-state index contributed by atoms with van der Waals surface area (Å²) in [5.74, 6) is 0.714. The monoisotopic (exact) mass is 279 g/mol. The van der Waals surface area contributed by atoms with E-state index < -0.39 is 0 Å². The number of hydrogen-bond acceptors (Lipinski definition) is 2. The van der Waals surface area contributed by atoms with Crippen molar-refractivity contribution in [1.82, 2.24) is 4.57 Å². The highest BCUT2D eigenvalue weighted by Crippen LogP contribution is 2.40. The molecular weight excluding hydrogens is 262 g/mol. The van der Waals surface area contributed by atoms with Gasteiger partial charge in [-0.15, -0.1) is 0 Å². The fraction of sp³-hybridized carbons (Fsp3) is 0.333. The predicted molar refractivity (Wildman–Crippen MR) is 79.4 cm³/mol. The first-order valence-electron chi connectivity index (χ1n) is 7.58. The van der Waals surface area contributed by atoms with Crippen LogP contribution in [0.2, 0.25) is 0 Å². The lowest BCUT2D eigenvalue weighted by Gasteiger charge is -2.07. The molecule has 1 aliphatic heterocycles. The van der Waals surface area contributed by atoms with Gasteiger partial charge in [0.15, 0.2) is 0 Å². The first kappa shape index (κ1) is 12.6. The number of benzene rings is 1. The standard InChI is InChI=1S/C18H17NO2/c20-17(13-6-7-13)14-10-11-19-15(14)8-9-16(19)18(21)12-4-2-1-3-5-12/h1-5,8-9,13-14H,6-7,10-11H2. The van der Waals surface area contributed by atoms with E-state index in [0.29, 0.717) is 17.0 Å². The van der Waals surface area contributed by atoms with Crippen molar-refractivity contribution in [2.24, 2.45) is 5.92 Å². The highest BCUT2D eigenvalue weighted by molar-refractivity contribution is 6.08. The SMILES string of the molecule is O=C(c1ccccc1)c1ccc2n1CCC2C(=O)C1CC1. The van der Waals surface area contributed by atoms with Crippen LogP contribution in [0.1, 0.15) is 46.9 Å². The zero-order chi connectivity index (χ0) is 14.4. The van der Waals surface area contributed by atoms with E-state index in [9.17, 15) is 9.59 Å². The van der Waals surface area contributed by atoms with Gasteiger partial charge in [-0.1, -0.05) is 30.3 Å². The molecule has 3 nitrogen and oxygen atoms in total. The Morgan fingerprint density at radius 1 is 0.952 bits per heavy atom. The second kappa shape index (κ2) is 4.69. The number of fused-ring (bicyclic) bond motifs is 1. The maximum absolute atomic E-state index is 12.6. The normalized spacial score (nSPS) is 20.3. The van der Waals surface area contributed by atoms with Crippen molar-refractivity contribution in [3.8, 4) is 0 Å². The van der Waals surface area contributed by atoms with Crippen LogP contribution in [0.3, 0.4) is 0 Å². The number of Topliss-reactive ketones (excluding diaryl/α,β-unsaturated/α-hetero) is 1. The van der Waals surface area contributed by atoms with E-state index in [1.54, 1.807) is 0 Å². The molecule has 1 aromatic carbocycles. The molecule has 0 spiro atoms. The maximum Gasteiger partial charge on any atom is 0.209 e. The molecule has 3 heteroatoms. The van der Waals surface area contributed by atoms with Gasteiger partial charge in [-0.25, -0.2) is 0 Å². The molecule has 1 saturated carbocycles. The van der Waals surface area contributed by atoms with Crippen LogP contribution in [-0.2, 0) is 11.3 Å². The molecule has 0 radical (unpaired) electrons. The Morgan fingerprint density at radius 3 is 2.43 bits per heavy atom. The first-order valence-corrected chi connectivity index (χ1v) is 7.58. The van der Waals surface area contributed by atoms with E-state index in [2.05, 4.69) is 0 Å². The number of hydrogen-bond donors (Lipinski definition) is 0. The molecule has 2 heterocycles. The number of ketones is 2. The Bertz CT molecular complexity index is 710. The summed E-state index contributed by atoms with van der Waals surface area (Å²) in [5.41, 5.74) is 2.45. The van der Waals surface area contributed by atoms with E-state index >= 15 is 0 Å². The second-order valence-corrected chi connectivity index (χ2v) is 6.01. The summed E-state index contributed by atoms with van der Waals surface area (Å²) >= 11 is 0. The van der Waals surface area contributed by atoms with Crippen LogP contribution in [0, 0.1) is 5.92 Å². The van der Waals surface area contributed by atoms with Crippen LogP contribution in [0.5, 0.6) is 0 Å². The Balaban J connectivity index is 1.66. The number of aromatic nitrogens is 1. The maximum atomic E-state index is 12.6. The molecule has 106 valence electrons. The molecule has 0 saturated heterocycles. The van der Waals surface area contributed by atoms with Crippen LogP contribution in [-0.4, -0.2) is 16.1 Å². The van der Waals surface area contributed by atoms with Crippen molar-refractivity contribution in [3.63, 3.8) is 0 Å². The molecule has 1 atom stereocenters. The summed E-state index contributed by atoms with van der Waals surface area (Å²) in [6, 6.07) is 13.2. The summed E-state index contributed by atoms with van der Waals surface area (Å²) in [5, 5.41) is 0. The summed E-state index contributed by atoms with van der Waals surface area (Å²) in [4.78, 5) is 24.9. The van der Waals surface area contributed by atoms with Gasteiger partial charge < -0.3 is 4.57 Å². The molecule has 0 bridgehead atoms. The lowest BCUT2D eigenvalue weighted by atomic mass is 9.96. The van der Waals surface area contributed by atoms with Gasteiger partial charge >= 0.3 is 0 Å². The van der Waals surface area contributed by atoms with Crippen molar-refractivity contribution < 1.29 is 9.59 Å². The molecule has 1 unspecified atom stereocenters. The minimum atomic E-state index is 0.00910. The third-order valence-electron chi connectivity index (χ3n) is 4.60. The van der Waals surface area contributed by atoms with Gasteiger partial charge in [0.1, 0.15) is 5.78 Å². The molecular formula is C18H17NO2. The quantitative estimate of drug-likeness (QED) is 0.806. The highest BCUT2D eigenvalue weighted by Gasteiger charge is 2.39. The minimum absolute atomic E-state index is 0.00910. The van der Waals surface area contributed by atoms with Crippen molar-refractivity contribution in [1.29, 1.82) is 0 Å². The van der Waals surface area contributed by atoms with E-state index in [1.165, 1.54) is 0 Å². The predicted octanol–water partition coefficient (Wildman–Crippen LogP) is 3.19. The van der Waals surface area contributed by atoms with Gasteiger partial charge in [0.05, 0.1) is 11.6 Å². The van der Waals surface area contributed by atoms with Crippen LogP contribution < -0.4 is 0 Å². The molecule has 1 aromatic heterocycles. The topological polar surface area (TPSA) is 39.1 Å². The van der Waals surface area contributed by atoms with Gasteiger partial charge in [0.25, 0.3) is 0 Å². The zero-order valence-electron chi connectivity index (χ0n) is 11.8. The fourth-order valence-corrected chi connectivity index (χ4v) is 3.32. The Hall–Kier alpha value is -2.16. The number of rotatable bonds is 4.